The van der Waals surface area contributed by atoms with Gasteiger partial charge in [0.05, 0.1) is 5.56 Å². The molecule has 0 aliphatic rings. The van der Waals surface area contributed by atoms with Crippen molar-refractivity contribution < 1.29 is 13.2 Å². The Labute approximate surface area is 114 Å². The van der Waals surface area contributed by atoms with E-state index in [-0.39, 0.29) is 29.9 Å². The average molecular weight is 359 g/mol. The Morgan fingerprint density at radius 2 is 1.65 bits per heavy atom. The molecule has 17 heavy (non-hydrogen) atoms. The number of alkyl halides is 3. The molecule has 0 aliphatic heterocycles. The number of aliphatic imine (C=N–C) groups is 1. The predicted octanol–water partition coefficient (Wildman–Crippen LogP) is 2.14. The molecule has 0 bridgehead atoms. The summed E-state index contributed by atoms with van der Waals surface area (Å²) in [5.41, 5.74) is 10.3. The maximum absolute atomic E-state index is 12.2. The van der Waals surface area contributed by atoms with Gasteiger partial charge in [0.15, 0.2) is 5.96 Å². The summed E-state index contributed by atoms with van der Waals surface area (Å²) in [4.78, 5) is 3.74. The van der Waals surface area contributed by atoms with Gasteiger partial charge in [-0.25, -0.2) is 0 Å². The fraction of sp³-hybridized carbons (Fsp3) is 0.300. The number of benzene rings is 1. The van der Waals surface area contributed by atoms with Gasteiger partial charge >= 0.3 is 6.18 Å². The molecule has 4 N–H and O–H groups in total. The molecule has 0 unspecified atom stereocenters. The monoisotopic (exact) mass is 359 g/mol. The summed E-state index contributed by atoms with van der Waals surface area (Å²) in [6, 6.07) is 4.94. The number of nitrogens with two attached hydrogens (primary N) is 2. The molecule has 0 aromatic heterocycles. The Morgan fingerprint density at radius 3 is 2.06 bits per heavy atom. The van der Waals surface area contributed by atoms with Gasteiger partial charge in [0.2, 0.25) is 0 Å². The van der Waals surface area contributed by atoms with Gasteiger partial charge in [-0.2, -0.15) is 13.2 Å². The van der Waals surface area contributed by atoms with Crippen LogP contribution in [0.3, 0.4) is 0 Å². The molecule has 0 heterocycles. The van der Waals surface area contributed by atoms with E-state index in [4.69, 9.17) is 11.5 Å². The van der Waals surface area contributed by atoms with Crippen LogP contribution in [-0.4, -0.2) is 12.5 Å². The summed E-state index contributed by atoms with van der Waals surface area (Å²) in [6.45, 7) is 0.369. The van der Waals surface area contributed by atoms with E-state index in [2.05, 4.69) is 4.99 Å². The van der Waals surface area contributed by atoms with Crippen LogP contribution < -0.4 is 11.5 Å². The lowest BCUT2D eigenvalue weighted by Gasteiger charge is -2.06. The third-order valence-corrected chi connectivity index (χ3v) is 1.98. The molecule has 0 radical (unpaired) electrons. The van der Waals surface area contributed by atoms with Crippen molar-refractivity contribution in [3.05, 3.63) is 35.4 Å². The summed E-state index contributed by atoms with van der Waals surface area (Å²) < 4.78 is 36.7. The van der Waals surface area contributed by atoms with Gasteiger partial charge in [0.25, 0.3) is 0 Å². The molecule has 7 heteroatoms. The minimum absolute atomic E-state index is 0. The van der Waals surface area contributed by atoms with E-state index < -0.39 is 11.7 Å². The van der Waals surface area contributed by atoms with Crippen LogP contribution in [0.25, 0.3) is 0 Å². The van der Waals surface area contributed by atoms with Crippen molar-refractivity contribution >= 4 is 29.9 Å². The van der Waals surface area contributed by atoms with Crippen molar-refractivity contribution in [3.8, 4) is 0 Å². The van der Waals surface area contributed by atoms with Gasteiger partial charge in [-0.05, 0) is 24.1 Å². The number of nitrogens with zero attached hydrogens (tertiary/aromatic N) is 1. The van der Waals surface area contributed by atoms with Crippen LogP contribution in [0.4, 0.5) is 13.2 Å². The van der Waals surface area contributed by atoms with E-state index in [0.717, 1.165) is 17.7 Å². The van der Waals surface area contributed by atoms with E-state index in [1.165, 1.54) is 12.1 Å². The van der Waals surface area contributed by atoms with Crippen molar-refractivity contribution in [3.63, 3.8) is 0 Å². The zero-order chi connectivity index (χ0) is 12.2. The van der Waals surface area contributed by atoms with E-state index in [1.807, 2.05) is 0 Å². The van der Waals surface area contributed by atoms with E-state index in [1.54, 1.807) is 0 Å². The number of guanidine groups is 1. The summed E-state index contributed by atoms with van der Waals surface area (Å²) >= 11 is 0. The Morgan fingerprint density at radius 1 is 1.12 bits per heavy atom. The predicted molar refractivity (Wildman–Crippen MR) is 71.2 cm³/mol. The lowest BCUT2D eigenvalue weighted by Crippen LogP contribution is -2.23. The molecule has 3 nitrogen and oxygen atoms in total. The third kappa shape index (κ3) is 5.76. The quantitative estimate of drug-likeness (QED) is 0.494. The van der Waals surface area contributed by atoms with Gasteiger partial charge in [0, 0.05) is 6.54 Å². The lowest BCUT2D eigenvalue weighted by molar-refractivity contribution is -0.137. The van der Waals surface area contributed by atoms with Crippen LogP contribution in [0.5, 0.6) is 0 Å². The second-order valence-corrected chi connectivity index (χ2v) is 3.25. The molecule has 0 saturated heterocycles. The van der Waals surface area contributed by atoms with Crippen LogP contribution >= 0.6 is 24.0 Å². The molecule has 1 aromatic rings. The molecule has 0 amide bonds. The number of rotatable bonds is 3. The van der Waals surface area contributed by atoms with Crippen LogP contribution in [0.15, 0.2) is 29.3 Å². The zero-order valence-electron chi connectivity index (χ0n) is 8.87. The first-order valence-corrected chi connectivity index (χ1v) is 4.61. The van der Waals surface area contributed by atoms with Gasteiger partial charge in [-0.1, -0.05) is 12.1 Å². The SMILES string of the molecule is I.NC(N)=NCCc1ccc(C(F)(F)F)cc1. The van der Waals surface area contributed by atoms with Gasteiger partial charge in [0.1, 0.15) is 0 Å². The van der Waals surface area contributed by atoms with E-state index >= 15 is 0 Å². The molecule has 0 saturated carbocycles. The smallest absolute Gasteiger partial charge is 0.370 e. The fourth-order valence-corrected chi connectivity index (χ4v) is 1.17. The first-order chi connectivity index (χ1) is 7.39. The molecule has 0 atom stereocenters. The van der Waals surface area contributed by atoms with E-state index in [0.29, 0.717) is 13.0 Å². The number of hydrogen-bond acceptors (Lipinski definition) is 1. The van der Waals surface area contributed by atoms with Crippen LogP contribution in [-0.2, 0) is 12.6 Å². The minimum atomic E-state index is -4.29. The molecular formula is C10H13F3IN3. The molecular weight excluding hydrogens is 346 g/mol. The highest BCUT2D eigenvalue weighted by Crippen LogP contribution is 2.29. The normalized spacial score (nSPS) is 10.5. The largest absolute Gasteiger partial charge is 0.416 e. The minimum Gasteiger partial charge on any atom is -0.370 e. The van der Waals surface area contributed by atoms with Gasteiger partial charge in [-0.3, -0.25) is 4.99 Å². The van der Waals surface area contributed by atoms with Gasteiger partial charge < -0.3 is 11.5 Å². The fourth-order valence-electron chi connectivity index (χ4n) is 1.17. The maximum Gasteiger partial charge on any atom is 0.416 e. The maximum atomic E-state index is 12.2. The van der Waals surface area contributed by atoms with Crippen molar-refractivity contribution in [2.45, 2.75) is 12.6 Å². The first-order valence-electron chi connectivity index (χ1n) is 4.61. The van der Waals surface area contributed by atoms with Crippen LogP contribution in [0.1, 0.15) is 11.1 Å². The lowest BCUT2D eigenvalue weighted by atomic mass is 10.1. The van der Waals surface area contributed by atoms with Crippen molar-refractivity contribution in [2.75, 3.05) is 6.54 Å². The van der Waals surface area contributed by atoms with Crippen molar-refractivity contribution in [1.29, 1.82) is 0 Å². The third-order valence-electron chi connectivity index (χ3n) is 1.98. The second-order valence-electron chi connectivity index (χ2n) is 3.25. The Bertz CT molecular complexity index is 369. The number of halogens is 4. The average Bonchev–Trinajstić information content (AvgIpc) is 2.16. The first kappa shape index (κ1) is 16.0. The molecule has 0 spiro atoms. The zero-order valence-corrected chi connectivity index (χ0v) is 11.2. The summed E-state index contributed by atoms with van der Waals surface area (Å²) in [5.74, 6) is -0.0214. The summed E-state index contributed by atoms with van der Waals surface area (Å²) in [5, 5.41) is 0. The molecule has 0 aliphatic carbocycles. The highest BCUT2D eigenvalue weighted by molar-refractivity contribution is 14.0. The highest BCUT2D eigenvalue weighted by atomic mass is 127. The van der Waals surface area contributed by atoms with Crippen LogP contribution in [0, 0.1) is 0 Å². The summed E-state index contributed by atoms with van der Waals surface area (Å²) in [6.07, 6.45) is -3.78. The Kier molecular flexibility index (Phi) is 6.29. The Balaban J connectivity index is 0.00000256. The van der Waals surface area contributed by atoms with E-state index in [9.17, 15) is 13.2 Å². The summed E-state index contributed by atoms with van der Waals surface area (Å²) in [7, 11) is 0. The Hall–Kier alpha value is -0.990. The number of hydrogen-bond donors (Lipinski definition) is 2. The van der Waals surface area contributed by atoms with Crippen molar-refractivity contribution in [2.24, 2.45) is 16.5 Å². The van der Waals surface area contributed by atoms with Crippen molar-refractivity contribution in [1.82, 2.24) is 0 Å². The second kappa shape index (κ2) is 6.67. The van der Waals surface area contributed by atoms with Crippen LogP contribution in [0.2, 0.25) is 0 Å². The highest BCUT2D eigenvalue weighted by Gasteiger charge is 2.29. The standard InChI is InChI=1S/C10H12F3N3.HI/c11-10(12,13)8-3-1-7(2-4-8)5-6-16-9(14)15;/h1-4H,5-6H2,(H4,14,15,16);1H. The van der Waals surface area contributed by atoms with Gasteiger partial charge in [-0.15, -0.1) is 24.0 Å². The molecule has 1 rings (SSSR count). The topological polar surface area (TPSA) is 64.4 Å². The molecule has 1 aromatic carbocycles. The molecule has 96 valence electrons. The molecule has 0 fully saturated rings.